The normalized spacial score (nSPS) is 17.8. The number of hydrogen-bond donors (Lipinski definition) is 2. The zero-order valence-electron chi connectivity index (χ0n) is 12.3. The van der Waals surface area contributed by atoms with E-state index in [9.17, 15) is 9.59 Å². The van der Waals surface area contributed by atoms with Gasteiger partial charge in [0.25, 0.3) is 0 Å². The second kappa shape index (κ2) is 7.29. The fourth-order valence-corrected chi connectivity index (χ4v) is 2.39. The van der Waals surface area contributed by atoms with Crippen molar-refractivity contribution in [2.45, 2.75) is 13.0 Å². The summed E-state index contributed by atoms with van der Waals surface area (Å²) in [6.45, 7) is 2.10. The zero-order chi connectivity index (χ0) is 16.1. The van der Waals surface area contributed by atoms with Gasteiger partial charge in [0.05, 0.1) is 18.2 Å². The van der Waals surface area contributed by atoms with Crippen LogP contribution in [0.4, 0.5) is 4.79 Å². The molecule has 22 heavy (non-hydrogen) atoms. The molecule has 2 N–H and O–H groups in total. The summed E-state index contributed by atoms with van der Waals surface area (Å²) in [4.78, 5) is 24.0. The molecular weight excluding hydrogens is 308 g/mol. The molecule has 0 radical (unpaired) electrons. The Bertz CT molecular complexity index is 615. The van der Waals surface area contributed by atoms with Crippen LogP contribution in [0.5, 0.6) is 0 Å². The first-order chi connectivity index (χ1) is 10.5. The van der Waals surface area contributed by atoms with E-state index in [0.717, 1.165) is 0 Å². The van der Waals surface area contributed by atoms with Crippen LogP contribution in [-0.4, -0.2) is 32.3 Å². The number of hydrogen-bond acceptors (Lipinski definition) is 4. The number of esters is 1. The van der Waals surface area contributed by atoms with Gasteiger partial charge in [-0.2, -0.15) is 0 Å². The molecule has 0 aromatic heterocycles. The second-order valence-electron chi connectivity index (χ2n) is 4.75. The highest BCUT2D eigenvalue weighted by Crippen LogP contribution is 2.28. The number of amides is 2. The molecule has 0 bridgehead atoms. The van der Waals surface area contributed by atoms with Crippen molar-refractivity contribution in [3.05, 3.63) is 46.1 Å². The van der Waals surface area contributed by atoms with Crippen molar-refractivity contribution in [1.29, 1.82) is 0 Å². The molecular formula is C15H17ClN2O4. The molecule has 1 aliphatic heterocycles. The lowest BCUT2D eigenvalue weighted by molar-refractivity contribution is -0.140. The first-order valence-corrected chi connectivity index (χ1v) is 7.10. The van der Waals surface area contributed by atoms with E-state index in [1.165, 1.54) is 7.11 Å². The monoisotopic (exact) mass is 324 g/mol. The molecule has 0 saturated heterocycles. The Morgan fingerprint density at radius 2 is 2.14 bits per heavy atom. The molecule has 1 aromatic carbocycles. The summed E-state index contributed by atoms with van der Waals surface area (Å²) < 4.78 is 10.0. The number of carbonyl (C=O) groups is 2. The molecule has 118 valence electrons. The van der Waals surface area contributed by atoms with E-state index in [4.69, 9.17) is 21.1 Å². The zero-order valence-corrected chi connectivity index (χ0v) is 13.1. The van der Waals surface area contributed by atoms with Gasteiger partial charge in [-0.05, 0) is 24.6 Å². The van der Waals surface area contributed by atoms with E-state index < -0.39 is 12.0 Å². The number of ether oxygens (including phenoxy) is 2. The average molecular weight is 325 g/mol. The van der Waals surface area contributed by atoms with Gasteiger partial charge in [0, 0.05) is 17.8 Å². The van der Waals surface area contributed by atoms with E-state index in [1.54, 1.807) is 31.2 Å². The van der Waals surface area contributed by atoms with Crippen molar-refractivity contribution >= 4 is 23.6 Å². The predicted octanol–water partition coefficient (Wildman–Crippen LogP) is 2.16. The summed E-state index contributed by atoms with van der Waals surface area (Å²) in [7, 11) is 1.52. The molecule has 6 nitrogen and oxygen atoms in total. The van der Waals surface area contributed by atoms with Crippen molar-refractivity contribution in [1.82, 2.24) is 10.6 Å². The Morgan fingerprint density at radius 3 is 2.82 bits per heavy atom. The lowest BCUT2D eigenvalue weighted by Gasteiger charge is -2.28. The van der Waals surface area contributed by atoms with Crippen LogP contribution in [0.2, 0.25) is 5.02 Å². The summed E-state index contributed by atoms with van der Waals surface area (Å²) in [5.41, 5.74) is 1.51. The van der Waals surface area contributed by atoms with Gasteiger partial charge in [-0.25, -0.2) is 9.59 Å². The first-order valence-electron chi connectivity index (χ1n) is 6.72. The third kappa shape index (κ3) is 3.78. The maximum Gasteiger partial charge on any atom is 0.338 e. The molecule has 1 atom stereocenters. The molecule has 2 rings (SSSR count). The number of nitrogens with one attached hydrogen (secondary N) is 2. The third-order valence-electron chi connectivity index (χ3n) is 3.19. The molecule has 0 fully saturated rings. The highest BCUT2D eigenvalue weighted by Gasteiger charge is 2.32. The Hall–Kier alpha value is -2.05. The third-order valence-corrected chi connectivity index (χ3v) is 3.43. The Morgan fingerprint density at radius 1 is 1.36 bits per heavy atom. The lowest BCUT2D eigenvalue weighted by atomic mass is 9.96. The van der Waals surface area contributed by atoms with Gasteiger partial charge < -0.3 is 20.1 Å². The van der Waals surface area contributed by atoms with Crippen molar-refractivity contribution in [3.8, 4) is 0 Å². The van der Waals surface area contributed by atoms with Crippen LogP contribution in [0.3, 0.4) is 0 Å². The van der Waals surface area contributed by atoms with E-state index in [-0.39, 0.29) is 12.6 Å². The number of rotatable bonds is 5. The van der Waals surface area contributed by atoms with E-state index >= 15 is 0 Å². The minimum atomic E-state index is -0.609. The Kier molecular flexibility index (Phi) is 5.41. The fourth-order valence-electron chi connectivity index (χ4n) is 2.20. The molecule has 0 unspecified atom stereocenters. The number of urea groups is 1. The number of allylic oxidation sites excluding steroid dienone is 1. The predicted molar refractivity (Wildman–Crippen MR) is 81.4 cm³/mol. The van der Waals surface area contributed by atoms with Gasteiger partial charge in [0.1, 0.15) is 6.61 Å². The van der Waals surface area contributed by atoms with Crippen LogP contribution >= 0.6 is 11.6 Å². The standard InChI is InChI=1S/C15H17ClN2O4/c1-9-12(14(19)22-7-6-21-2)13(18-15(20)17-9)10-4-3-5-11(16)8-10/h3-5,8,13H,6-7H2,1-2H3,(H2,17,18,20)/t13-/m0/s1. The fraction of sp³-hybridized carbons (Fsp3) is 0.333. The largest absolute Gasteiger partial charge is 0.460 e. The maximum absolute atomic E-state index is 12.3. The van der Waals surface area contributed by atoms with Crippen LogP contribution < -0.4 is 10.6 Å². The Labute approximate surface area is 133 Å². The quantitative estimate of drug-likeness (QED) is 0.643. The minimum Gasteiger partial charge on any atom is -0.460 e. The highest BCUT2D eigenvalue weighted by atomic mass is 35.5. The summed E-state index contributed by atoms with van der Waals surface area (Å²) in [6.07, 6.45) is 0. The average Bonchev–Trinajstić information content (AvgIpc) is 2.46. The van der Waals surface area contributed by atoms with Crippen LogP contribution in [-0.2, 0) is 14.3 Å². The van der Waals surface area contributed by atoms with Crippen LogP contribution in [0.1, 0.15) is 18.5 Å². The number of methoxy groups -OCH3 is 1. The maximum atomic E-state index is 12.3. The minimum absolute atomic E-state index is 0.141. The molecule has 2 amide bonds. The van der Waals surface area contributed by atoms with Crippen LogP contribution in [0.25, 0.3) is 0 Å². The van der Waals surface area contributed by atoms with Gasteiger partial charge in [-0.15, -0.1) is 0 Å². The van der Waals surface area contributed by atoms with E-state index in [1.807, 2.05) is 0 Å². The number of halogens is 1. The highest BCUT2D eigenvalue weighted by molar-refractivity contribution is 6.30. The molecule has 0 saturated carbocycles. The van der Waals surface area contributed by atoms with Gasteiger partial charge >= 0.3 is 12.0 Å². The summed E-state index contributed by atoms with van der Waals surface area (Å²) >= 11 is 5.99. The number of carbonyl (C=O) groups excluding carboxylic acids is 2. The van der Waals surface area contributed by atoms with Gasteiger partial charge in [0.2, 0.25) is 0 Å². The molecule has 0 aliphatic carbocycles. The van der Waals surface area contributed by atoms with Gasteiger partial charge in [-0.1, -0.05) is 23.7 Å². The van der Waals surface area contributed by atoms with Crippen LogP contribution in [0, 0.1) is 0 Å². The molecule has 1 heterocycles. The van der Waals surface area contributed by atoms with Crippen molar-refractivity contribution in [2.24, 2.45) is 0 Å². The van der Waals surface area contributed by atoms with Crippen molar-refractivity contribution in [2.75, 3.05) is 20.3 Å². The topological polar surface area (TPSA) is 76.7 Å². The van der Waals surface area contributed by atoms with E-state index in [0.29, 0.717) is 28.5 Å². The lowest BCUT2D eigenvalue weighted by Crippen LogP contribution is -2.45. The Balaban J connectivity index is 2.30. The van der Waals surface area contributed by atoms with Gasteiger partial charge in [0.15, 0.2) is 0 Å². The SMILES string of the molecule is COCCOC(=O)C1=C(C)NC(=O)N[C@H]1c1cccc(Cl)c1. The summed E-state index contributed by atoms with van der Waals surface area (Å²) in [6, 6.07) is 5.99. The van der Waals surface area contributed by atoms with Crippen LogP contribution in [0.15, 0.2) is 35.5 Å². The second-order valence-corrected chi connectivity index (χ2v) is 5.19. The van der Waals surface area contributed by atoms with Crippen molar-refractivity contribution in [3.63, 3.8) is 0 Å². The smallest absolute Gasteiger partial charge is 0.338 e. The van der Waals surface area contributed by atoms with Crippen molar-refractivity contribution < 1.29 is 19.1 Å². The van der Waals surface area contributed by atoms with Gasteiger partial charge in [-0.3, -0.25) is 0 Å². The molecule has 7 heteroatoms. The summed E-state index contributed by atoms with van der Waals surface area (Å²) in [5.74, 6) is -0.507. The molecule has 0 spiro atoms. The van der Waals surface area contributed by atoms with E-state index in [2.05, 4.69) is 10.6 Å². The first kappa shape index (κ1) is 16.3. The number of benzene rings is 1. The molecule has 1 aromatic rings. The molecule has 1 aliphatic rings. The summed E-state index contributed by atoms with van der Waals surface area (Å²) in [5, 5.41) is 5.82.